The van der Waals surface area contributed by atoms with Crippen LogP contribution < -0.4 is 5.32 Å². The maximum atomic E-state index is 5.48. The molecule has 0 saturated carbocycles. The van der Waals surface area contributed by atoms with E-state index < -0.39 is 0 Å². The van der Waals surface area contributed by atoms with Gasteiger partial charge in [0.15, 0.2) is 0 Å². The molecule has 0 radical (unpaired) electrons. The molecule has 3 heteroatoms. The van der Waals surface area contributed by atoms with Crippen molar-refractivity contribution in [2.75, 3.05) is 40.0 Å². The maximum absolute atomic E-state index is 5.48. The molecule has 0 spiro atoms. The molecule has 0 saturated heterocycles. The van der Waals surface area contributed by atoms with Crippen LogP contribution in [-0.2, 0) is 9.47 Å². The largest absolute Gasteiger partial charge is 0.383 e. The SMILES string of the molecule is CCOCC(C)(CC)CNCCOC. The van der Waals surface area contributed by atoms with Gasteiger partial charge < -0.3 is 14.8 Å². The highest BCUT2D eigenvalue weighted by molar-refractivity contribution is 4.74. The van der Waals surface area contributed by atoms with Crippen LogP contribution in [0, 0.1) is 5.41 Å². The summed E-state index contributed by atoms with van der Waals surface area (Å²) in [5, 5.41) is 3.38. The number of nitrogens with one attached hydrogen (secondary N) is 1. The van der Waals surface area contributed by atoms with E-state index in [1.807, 2.05) is 6.92 Å². The third-order valence-electron chi connectivity index (χ3n) is 2.54. The Morgan fingerprint density at radius 3 is 2.50 bits per heavy atom. The van der Waals surface area contributed by atoms with Crippen LogP contribution in [0.25, 0.3) is 0 Å². The van der Waals surface area contributed by atoms with Gasteiger partial charge in [0.25, 0.3) is 0 Å². The van der Waals surface area contributed by atoms with Gasteiger partial charge >= 0.3 is 0 Å². The Morgan fingerprint density at radius 2 is 2.00 bits per heavy atom. The molecular weight excluding hydrogens is 178 g/mol. The highest BCUT2D eigenvalue weighted by Crippen LogP contribution is 2.19. The Morgan fingerprint density at radius 1 is 1.29 bits per heavy atom. The zero-order chi connectivity index (χ0) is 10.9. The molecule has 0 bridgehead atoms. The van der Waals surface area contributed by atoms with E-state index in [1.54, 1.807) is 7.11 Å². The molecule has 0 rings (SSSR count). The zero-order valence-electron chi connectivity index (χ0n) is 10.1. The van der Waals surface area contributed by atoms with Gasteiger partial charge in [-0.2, -0.15) is 0 Å². The minimum atomic E-state index is 0.254. The van der Waals surface area contributed by atoms with Gasteiger partial charge in [-0.25, -0.2) is 0 Å². The summed E-state index contributed by atoms with van der Waals surface area (Å²) in [5.74, 6) is 0. The highest BCUT2D eigenvalue weighted by Gasteiger charge is 2.21. The normalized spacial score (nSPS) is 15.4. The van der Waals surface area contributed by atoms with Crippen molar-refractivity contribution >= 4 is 0 Å². The number of hydrogen-bond acceptors (Lipinski definition) is 3. The van der Waals surface area contributed by atoms with Gasteiger partial charge in [0.1, 0.15) is 0 Å². The van der Waals surface area contributed by atoms with Crippen LogP contribution >= 0.6 is 0 Å². The molecule has 0 aromatic rings. The van der Waals surface area contributed by atoms with E-state index >= 15 is 0 Å². The summed E-state index contributed by atoms with van der Waals surface area (Å²) in [5.41, 5.74) is 0.254. The van der Waals surface area contributed by atoms with E-state index in [0.717, 1.165) is 39.3 Å². The first-order valence-electron chi connectivity index (χ1n) is 5.46. The Labute approximate surface area is 88.2 Å². The third kappa shape index (κ3) is 6.35. The lowest BCUT2D eigenvalue weighted by Gasteiger charge is -2.28. The molecule has 0 aliphatic rings. The van der Waals surface area contributed by atoms with Gasteiger partial charge in [0.2, 0.25) is 0 Å². The smallest absolute Gasteiger partial charge is 0.0587 e. The molecule has 14 heavy (non-hydrogen) atoms. The topological polar surface area (TPSA) is 30.5 Å². The zero-order valence-corrected chi connectivity index (χ0v) is 10.1. The van der Waals surface area contributed by atoms with Gasteiger partial charge in [-0.15, -0.1) is 0 Å². The van der Waals surface area contributed by atoms with E-state index in [-0.39, 0.29) is 5.41 Å². The molecule has 0 aromatic heterocycles. The minimum Gasteiger partial charge on any atom is -0.383 e. The van der Waals surface area contributed by atoms with Gasteiger partial charge in [-0.1, -0.05) is 13.8 Å². The van der Waals surface area contributed by atoms with Crippen molar-refractivity contribution in [1.82, 2.24) is 5.32 Å². The van der Waals surface area contributed by atoms with E-state index in [1.165, 1.54) is 0 Å². The van der Waals surface area contributed by atoms with Crippen LogP contribution in [-0.4, -0.2) is 40.0 Å². The fourth-order valence-corrected chi connectivity index (χ4v) is 1.19. The van der Waals surface area contributed by atoms with E-state index in [4.69, 9.17) is 9.47 Å². The second-order valence-electron chi connectivity index (χ2n) is 3.97. The third-order valence-corrected chi connectivity index (χ3v) is 2.54. The molecule has 0 aromatic carbocycles. The second kappa shape index (κ2) is 8.21. The monoisotopic (exact) mass is 203 g/mol. The summed E-state index contributed by atoms with van der Waals surface area (Å²) in [6, 6.07) is 0. The molecular formula is C11H25NO2. The Bertz CT molecular complexity index is 130. The molecule has 0 aliphatic carbocycles. The fraction of sp³-hybridized carbons (Fsp3) is 1.00. The summed E-state index contributed by atoms with van der Waals surface area (Å²) >= 11 is 0. The van der Waals surface area contributed by atoms with Crippen molar-refractivity contribution in [2.45, 2.75) is 27.2 Å². The van der Waals surface area contributed by atoms with Gasteiger partial charge in [-0.3, -0.25) is 0 Å². The molecule has 1 N–H and O–H groups in total. The molecule has 1 unspecified atom stereocenters. The lowest BCUT2D eigenvalue weighted by Crippen LogP contribution is -2.36. The summed E-state index contributed by atoms with van der Waals surface area (Å²) in [7, 11) is 1.72. The number of hydrogen-bond donors (Lipinski definition) is 1. The van der Waals surface area contributed by atoms with Gasteiger partial charge in [0, 0.05) is 32.2 Å². The van der Waals surface area contributed by atoms with Gasteiger partial charge in [-0.05, 0) is 13.3 Å². The quantitative estimate of drug-likeness (QED) is 0.578. The molecule has 86 valence electrons. The van der Waals surface area contributed by atoms with Crippen LogP contribution in [0.3, 0.4) is 0 Å². The highest BCUT2D eigenvalue weighted by atomic mass is 16.5. The Kier molecular flexibility index (Phi) is 8.14. The first-order valence-corrected chi connectivity index (χ1v) is 5.46. The average Bonchev–Trinajstić information content (AvgIpc) is 2.22. The first-order chi connectivity index (χ1) is 6.68. The maximum Gasteiger partial charge on any atom is 0.0587 e. The average molecular weight is 203 g/mol. The Hall–Kier alpha value is -0.120. The second-order valence-corrected chi connectivity index (χ2v) is 3.97. The minimum absolute atomic E-state index is 0.254. The summed E-state index contributed by atoms with van der Waals surface area (Å²) in [6.45, 7) is 10.8. The number of ether oxygens (including phenoxy) is 2. The van der Waals surface area contributed by atoms with Crippen molar-refractivity contribution in [1.29, 1.82) is 0 Å². The standard InChI is InChI=1S/C11H25NO2/c1-5-11(3,10-14-6-2)9-12-7-8-13-4/h12H,5-10H2,1-4H3. The van der Waals surface area contributed by atoms with Crippen LogP contribution in [0.2, 0.25) is 0 Å². The molecule has 0 heterocycles. The predicted molar refractivity (Wildman–Crippen MR) is 59.6 cm³/mol. The van der Waals surface area contributed by atoms with Crippen molar-refractivity contribution in [2.24, 2.45) is 5.41 Å². The van der Waals surface area contributed by atoms with Crippen molar-refractivity contribution in [3.05, 3.63) is 0 Å². The van der Waals surface area contributed by atoms with Crippen molar-refractivity contribution in [3.8, 4) is 0 Å². The van der Waals surface area contributed by atoms with Crippen LogP contribution in [0.4, 0.5) is 0 Å². The van der Waals surface area contributed by atoms with Crippen LogP contribution in [0.5, 0.6) is 0 Å². The van der Waals surface area contributed by atoms with Crippen molar-refractivity contribution in [3.63, 3.8) is 0 Å². The number of rotatable bonds is 9. The van der Waals surface area contributed by atoms with Crippen LogP contribution in [0.1, 0.15) is 27.2 Å². The fourth-order valence-electron chi connectivity index (χ4n) is 1.19. The Balaban J connectivity index is 3.63. The lowest BCUT2D eigenvalue weighted by molar-refractivity contribution is 0.0570. The van der Waals surface area contributed by atoms with E-state index in [2.05, 4.69) is 19.2 Å². The van der Waals surface area contributed by atoms with E-state index in [0.29, 0.717) is 0 Å². The summed E-state index contributed by atoms with van der Waals surface area (Å²) in [4.78, 5) is 0. The predicted octanol–water partition coefficient (Wildman–Crippen LogP) is 1.68. The van der Waals surface area contributed by atoms with Crippen LogP contribution in [0.15, 0.2) is 0 Å². The van der Waals surface area contributed by atoms with E-state index in [9.17, 15) is 0 Å². The number of methoxy groups -OCH3 is 1. The molecule has 0 fully saturated rings. The van der Waals surface area contributed by atoms with Crippen molar-refractivity contribution < 1.29 is 9.47 Å². The lowest BCUT2D eigenvalue weighted by atomic mass is 9.88. The molecule has 0 aliphatic heterocycles. The summed E-state index contributed by atoms with van der Waals surface area (Å²) < 4.78 is 10.5. The molecule has 1 atom stereocenters. The van der Waals surface area contributed by atoms with Gasteiger partial charge in [0.05, 0.1) is 13.2 Å². The molecule has 0 amide bonds. The summed E-state index contributed by atoms with van der Waals surface area (Å²) in [6.07, 6.45) is 1.13. The first kappa shape index (κ1) is 13.9. The molecule has 3 nitrogen and oxygen atoms in total.